The van der Waals surface area contributed by atoms with Crippen molar-refractivity contribution in [2.24, 2.45) is 0 Å². The van der Waals surface area contributed by atoms with E-state index in [4.69, 9.17) is 19.3 Å². The highest BCUT2D eigenvalue weighted by atomic mass is 16.5. The average Bonchev–Trinajstić information content (AvgIpc) is 3.47. The van der Waals surface area contributed by atoms with E-state index in [1.54, 1.807) is 26.4 Å². The van der Waals surface area contributed by atoms with Crippen molar-refractivity contribution >= 4 is 17.0 Å². The Kier molecular flexibility index (Phi) is 7.38. The summed E-state index contributed by atoms with van der Waals surface area (Å²) in [4.78, 5) is 19.0. The number of aromatic amines is 1. The molecule has 34 heavy (non-hydrogen) atoms. The number of H-pyrrole nitrogens is 1. The Balaban J connectivity index is 1.63. The van der Waals surface area contributed by atoms with Gasteiger partial charge < -0.3 is 29.4 Å². The Bertz CT molecular complexity index is 1130. The number of carboxylic acid groups (broad SMARTS) is 1. The van der Waals surface area contributed by atoms with Crippen molar-refractivity contribution < 1.29 is 29.2 Å². The number of hydrogen-bond donors (Lipinski definition) is 3. The number of imidazole rings is 1. The summed E-state index contributed by atoms with van der Waals surface area (Å²) in [5, 5.41) is 20.5. The Morgan fingerprint density at radius 1 is 1.15 bits per heavy atom. The van der Waals surface area contributed by atoms with E-state index in [0.717, 1.165) is 42.3 Å². The normalized spacial score (nSPS) is 16.0. The van der Waals surface area contributed by atoms with Crippen LogP contribution >= 0.6 is 0 Å². The molecule has 0 saturated heterocycles. The van der Waals surface area contributed by atoms with Crippen LogP contribution in [0.15, 0.2) is 30.3 Å². The van der Waals surface area contributed by atoms with Crippen LogP contribution in [0.2, 0.25) is 0 Å². The van der Waals surface area contributed by atoms with E-state index in [2.05, 4.69) is 9.97 Å². The monoisotopic (exact) mass is 468 g/mol. The van der Waals surface area contributed by atoms with Gasteiger partial charge in [0, 0.05) is 12.0 Å². The molecule has 2 atom stereocenters. The second-order valence-corrected chi connectivity index (χ2v) is 8.89. The molecule has 2 aromatic carbocycles. The number of aliphatic hydroxyl groups excluding tert-OH is 1. The molecule has 0 unspecified atom stereocenters. The van der Waals surface area contributed by atoms with Crippen molar-refractivity contribution in [2.75, 3.05) is 14.2 Å². The summed E-state index contributed by atoms with van der Waals surface area (Å²) < 4.78 is 17.4. The van der Waals surface area contributed by atoms with Crippen molar-refractivity contribution in [1.29, 1.82) is 0 Å². The number of aliphatic hydroxyl groups is 1. The van der Waals surface area contributed by atoms with Gasteiger partial charge in [0.2, 0.25) is 0 Å². The van der Waals surface area contributed by atoms with Crippen molar-refractivity contribution in [3.8, 4) is 11.5 Å². The quantitative estimate of drug-likeness (QED) is 0.410. The zero-order valence-electron chi connectivity index (χ0n) is 19.8. The van der Waals surface area contributed by atoms with E-state index in [9.17, 15) is 9.90 Å². The van der Waals surface area contributed by atoms with Gasteiger partial charge in [-0.15, -0.1) is 0 Å². The SMILES string of the molecule is COc1cc([C@@H](O)[C@H](Cc2nc3ccc(CC(=O)O)cc3[nH]2)OC2CCCC2)cc(OC)c1C. The number of ether oxygens (including phenoxy) is 3. The van der Waals surface area contributed by atoms with Gasteiger partial charge in [-0.1, -0.05) is 18.9 Å². The summed E-state index contributed by atoms with van der Waals surface area (Å²) in [6, 6.07) is 9.04. The number of methoxy groups -OCH3 is 2. The first-order valence-corrected chi connectivity index (χ1v) is 11.6. The summed E-state index contributed by atoms with van der Waals surface area (Å²) >= 11 is 0. The van der Waals surface area contributed by atoms with E-state index in [1.165, 1.54) is 0 Å². The number of carbonyl (C=O) groups is 1. The number of carboxylic acids is 1. The fourth-order valence-electron chi connectivity index (χ4n) is 4.68. The maximum absolute atomic E-state index is 11.4. The van der Waals surface area contributed by atoms with Crippen LogP contribution in [-0.2, 0) is 22.4 Å². The summed E-state index contributed by atoms with van der Waals surface area (Å²) in [7, 11) is 3.19. The summed E-state index contributed by atoms with van der Waals surface area (Å²) in [5.41, 5.74) is 3.73. The third-order valence-corrected chi connectivity index (χ3v) is 6.48. The Morgan fingerprint density at radius 2 is 1.82 bits per heavy atom. The number of rotatable bonds is 10. The molecule has 1 saturated carbocycles. The van der Waals surface area contributed by atoms with Gasteiger partial charge in [-0.05, 0) is 55.2 Å². The highest BCUT2D eigenvalue weighted by molar-refractivity contribution is 5.78. The number of nitrogens with zero attached hydrogens (tertiary/aromatic N) is 1. The number of benzene rings is 2. The molecule has 0 spiro atoms. The highest BCUT2D eigenvalue weighted by Gasteiger charge is 2.29. The van der Waals surface area contributed by atoms with Crippen LogP contribution in [0, 0.1) is 6.92 Å². The van der Waals surface area contributed by atoms with E-state index in [-0.39, 0.29) is 12.5 Å². The molecule has 1 aliphatic rings. The number of aliphatic carboxylic acids is 1. The van der Waals surface area contributed by atoms with Crippen LogP contribution in [-0.4, -0.2) is 52.6 Å². The molecule has 1 heterocycles. The maximum atomic E-state index is 11.4. The fraction of sp³-hybridized carbons (Fsp3) is 0.462. The van der Waals surface area contributed by atoms with Crippen molar-refractivity contribution in [3.05, 3.63) is 52.8 Å². The third-order valence-electron chi connectivity index (χ3n) is 6.48. The first-order valence-electron chi connectivity index (χ1n) is 11.6. The van der Waals surface area contributed by atoms with Crippen LogP contribution in [0.4, 0.5) is 0 Å². The van der Waals surface area contributed by atoms with Gasteiger partial charge in [0.1, 0.15) is 23.4 Å². The van der Waals surface area contributed by atoms with Gasteiger partial charge in [0.15, 0.2) is 0 Å². The lowest BCUT2D eigenvalue weighted by Crippen LogP contribution is -2.29. The van der Waals surface area contributed by atoms with E-state index in [1.807, 2.05) is 25.1 Å². The van der Waals surface area contributed by atoms with Gasteiger partial charge in [0.25, 0.3) is 0 Å². The average molecular weight is 469 g/mol. The summed E-state index contributed by atoms with van der Waals surface area (Å²) in [5.74, 6) is 1.08. The lowest BCUT2D eigenvalue weighted by molar-refractivity contribution is -0.136. The predicted molar refractivity (Wildman–Crippen MR) is 128 cm³/mol. The molecule has 0 aliphatic heterocycles. The molecule has 8 nitrogen and oxygen atoms in total. The van der Waals surface area contributed by atoms with Gasteiger partial charge in [-0.2, -0.15) is 0 Å². The zero-order chi connectivity index (χ0) is 24.2. The van der Waals surface area contributed by atoms with Crippen molar-refractivity contribution in [2.45, 2.75) is 63.8 Å². The molecule has 1 aromatic heterocycles. The Labute approximate surface area is 198 Å². The first kappa shape index (κ1) is 24.0. The second-order valence-electron chi connectivity index (χ2n) is 8.89. The smallest absolute Gasteiger partial charge is 0.307 e. The molecule has 3 aromatic rings. The molecule has 0 bridgehead atoms. The topological polar surface area (TPSA) is 114 Å². The Hall–Kier alpha value is -3.10. The molecule has 3 N–H and O–H groups in total. The third kappa shape index (κ3) is 5.34. The molecule has 1 aliphatic carbocycles. The minimum Gasteiger partial charge on any atom is -0.496 e. The van der Waals surface area contributed by atoms with E-state index in [0.29, 0.717) is 34.9 Å². The standard InChI is InChI=1S/C26H32N2O6/c1-15-21(32-2)12-17(13-22(15)33-3)26(31)23(34-18-6-4-5-7-18)14-24-27-19-9-8-16(11-25(29)30)10-20(19)28-24/h8-10,12-13,18,23,26,31H,4-7,11,14H2,1-3H3,(H,27,28)(H,29,30)/t23-,26+/m0/s1. The zero-order valence-corrected chi connectivity index (χ0v) is 19.8. The minimum atomic E-state index is -0.917. The van der Waals surface area contributed by atoms with Crippen molar-refractivity contribution in [1.82, 2.24) is 9.97 Å². The summed E-state index contributed by atoms with van der Waals surface area (Å²) in [6.45, 7) is 1.91. The molecule has 0 amide bonds. The fourth-order valence-corrected chi connectivity index (χ4v) is 4.68. The molecule has 1 fully saturated rings. The van der Waals surface area contributed by atoms with E-state index >= 15 is 0 Å². The van der Waals surface area contributed by atoms with Crippen molar-refractivity contribution in [3.63, 3.8) is 0 Å². The van der Waals surface area contributed by atoms with Gasteiger partial charge in [-0.3, -0.25) is 4.79 Å². The van der Waals surface area contributed by atoms with Crippen LogP contribution in [0.25, 0.3) is 11.0 Å². The lowest BCUT2D eigenvalue weighted by atomic mass is 9.99. The van der Waals surface area contributed by atoms with Gasteiger partial charge >= 0.3 is 5.97 Å². The first-order chi connectivity index (χ1) is 16.4. The van der Waals surface area contributed by atoms with Crippen LogP contribution < -0.4 is 9.47 Å². The largest absolute Gasteiger partial charge is 0.496 e. The minimum absolute atomic E-state index is 0.0481. The molecular weight excluding hydrogens is 436 g/mol. The number of hydrogen-bond acceptors (Lipinski definition) is 6. The lowest BCUT2D eigenvalue weighted by Gasteiger charge is -2.27. The molecule has 0 radical (unpaired) electrons. The van der Waals surface area contributed by atoms with Gasteiger partial charge in [-0.25, -0.2) is 4.98 Å². The van der Waals surface area contributed by atoms with Crippen LogP contribution in [0.5, 0.6) is 11.5 Å². The summed E-state index contributed by atoms with van der Waals surface area (Å²) in [6.07, 6.45) is 3.17. The van der Waals surface area contributed by atoms with E-state index < -0.39 is 18.2 Å². The second kappa shape index (κ2) is 10.4. The number of aromatic nitrogens is 2. The highest BCUT2D eigenvalue weighted by Crippen LogP contribution is 2.35. The maximum Gasteiger partial charge on any atom is 0.307 e. The Morgan fingerprint density at radius 3 is 2.44 bits per heavy atom. The van der Waals surface area contributed by atoms with Crippen LogP contribution in [0.1, 0.15) is 54.3 Å². The van der Waals surface area contributed by atoms with Crippen LogP contribution in [0.3, 0.4) is 0 Å². The molecule has 8 heteroatoms. The predicted octanol–water partition coefficient (Wildman–Crippen LogP) is 4.12. The number of nitrogens with one attached hydrogen (secondary N) is 1. The molecule has 182 valence electrons. The molecule has 4 rings (SSSR count). The van der Waals surface area contributed by atoms with Gasteiger partial charge in [0.05, 0.1) is 43.9 Å². The molecular formula is C26H32N2O6. The number of fused-ring (bicyclic) bond motifs is 1.